The van der Waals surface area contributed by atoms with Crippen molar-refractivity contribution in [1.82, 2.24) is 0 Å². The predicted octanol–water partition coefficient (Wildman–Crippen LogP) is 3.23. The first-order valence-corrected chi connectivity index (χ1v) is 7.55. The SMILES string of the molecule is CCOC(=O)c1cc(CC)sc1NC(=O)CC1CC1. The molecule has 2 rings (SSSR count). The molecule has 1 fully saturated rings. The molecule has 0 unspecified atom stereocenters. The van der Waals surface area contributed by atoms with Crippen molar-refractivity contribution in [3.05, 3.63) is 16.5 Å². The third-order valence-electron chi connectivity index (χ3n) is 3.05. The highest BCUT2D eigenvalue weighted by atomic mass is 32.1. The zero-order chi connectivity index (χ0) is 13.8. The Morgan fingerprint density at radius 3 is 2.74 bits per heavy atom. The Morgan fingerprint density at radius 2 is 2.16 bits per heavy atom. The quantitative estimate of drug-likeness (QED) is 0.814. The summed E-state index contributed by atoms with van der Waals surface area (Å²) in [5.74, 6) is 0.175. The van der Waals surface area contributed by atoms with Crippen LogP contribution in [0.25, 0.3) is 0 Å². The van der Waals surface area contributed by atoms with Gasteiger partial charge in [-0.3, -0.25) is 4.79 Å². The third kappa shape index (κ3) is 3.80. The normalized spacial score (nSPS) is 14.2. The van der Waals surface area contributed by atoms with Crippen LogP contribution >= 0.6 is 11.3 Å². The lowest BCUT2D eigenvalue weighted by Crippen LogP contribution is -2.14. The predicted molar refractivity (Wildman–Crippen MR) is 75.6 cm³/mol. The van der Waals surface area contributed by atoms with Gasteiger partial charge in [0.15, 0.2) is 0 Å². The van der Waals surface area contributed by atoms with E-state index < -0.39 is 0 Å². The zero-order valence-corrected chi connectivity index (χ0v) is 12.1. The van der Waals surface area contributed by atoms with Gasteiger partial charge >= 0.3 is 5.97 Å². The van der Waals surface area contributed by atoms with Crippen LogP contribution in [0.1, 0.15) is 48.3 Å². The van der Waals surface area contributed by atoms with Crippen LogP contribution in [0.4, 0.5) is 5.00 Å². The minimum Gasteiger partial charge on any atom is -0.462 e. The van der Waals surface area contributed by atoms with Crippen molar-refractivity contribution in [1.29, 1.82) is 0 Å². The van der Waals surface area contributed by atoms with Crippen LogP contribution in [0.3, 0.4) is 0 Å². The van der Waals surface area contributed by atoms with Crippen LogP contribution in [0.15, 0.2) is 6.07 Å². The summed E-state index contributed by atoms with van der Waals surface area (Å²) in [4.78, 5) is 24.8. The van der Waals surface area contributed by atoms with Gasteiger partial charge in [-0.25, -0.2) is 4.79 Å². The lowest BCUT2D eigenvalue weighted by molar-refractivity contribution is -0.116. The standard InChI is InChI=1S/C14H19NO3S/c1-3-10-8-11(14(17)18-4-2)13(19-10)15-12(16)7-9-5-6-9/h8-9H,3-7H2,1-2H3,(H,15,16). The molecule has 1 amide bonds. The van der Waals surface area contributed by atoms with Gasteiger partial charge in [0.2, 0.25) is 5.91 Å². The molecule has 0 aliphatic heterocycles. The number of carbonyl (C=O) groups excluding carboxylic acids is 2. The van der Waals surface area contributed by atoms with Crippen LogP contribution in [0.2, 0.25) is 0 Å². The molecule has 1 heterocycles. The lowest BCUT2D eigenvalue weighted by Gasteiger charge is -2.05. The third-order valence-corrected chi connectivity index (χ3v) is 4.25. The number of carbonyl (C=O) groups is 2. The van der Waals surface area contributed by atoms with Crippen molar-refractivity contribution in [3.63, 3.8) is 0 Å². The van der Waals surface area contributed by atoms with Gasteiger partial charge in [0, 0.05) is 11.3 Å². The summed E-state index contributed by atoms with van der Waals surface area (Å²) < 4.78 is 5.02. The summed E-state index contributed by atoms with van der Waals surface area (Å²) in [5, 5.41) is 3.48. The van der Waals surface area contributed by atoms with Crippen molar-refractivity contribution in [2.24, 2.45) is 5.92 Å². The van der Waals surface area contributed by atoms with Gasteiger partial charge in [-0.05, 0) is 38.2 Å². The van der Waals surface area contributed by atoms with E-state index in [4.69, 9.17) is 4.74 Å². The van der Waals surface area contributed by atoms with E-state index in [1.165, 1.54) is 11.3 Å². The Kier molecular flexibility index (Phi) is 4.58. The van der Waals surface area contributed by atoms with Crippen molar-refractivity contribution in [3.8, 4) is 0 Å². The molecule has 5 heteroatoms. The fourth-order valence-electron chi connectivity index (χ4n) is 1.83. The Labute approximate surface area is 117 Å². The Hall–Kier alpha value is -1.36. The monoisotopic (exact) mass is 281 g/mol. The summed E-state index contributed by atoms with van der Waals surface area (Å²) >= 11 is 1.46. The maximum atomic E-state index is 11.8. The van der Waals surface area contributed by atoms with E-state index >= 15 is 0 Å². The fourth-order valence-corrected chi connectivity index (χ4v) is 2.83. The molecule has 1 aromatic rings. The molecule has 1 aliphatic carbocycles. The summed E-state index contributed by atoms with van der Waals surface area (Å²) in [6.07, 6.45) is 3.68. The number of anilines is 1. The number of thiophene rings is 1. The van der Waals surface area contributed by atoms with Gasteiger partial charge in [0.05, 0.1) is 12.2 Å². The molecule has 0 aromatic carbocycles. The average molecular weight is 281 g/mol. The van der Waals surface area contributed by atoms with E-state index in [9.17, 15) is 9.59 Å². The minimum atomic E-state index is -0.361. The second-order valence-corrected chi connectivity index (χ2v) is 5.86. The molecule has 19 heavy (non-hydrogen) atoms. The van der Waals surface area contributed by atoms with E-state index in [1.807, 2.05) is 13.0 Å². The number of hydrogen-bond donors (Lipinski definition) is 1. The first-order valence-electron chi connectivity index (χ1n) is 6.73. The highest BCUT2D eigenvalue weighted by Crippen LogP contribution is 2.34. The molecule has 0 saturated heterocycles. The molecule has 1 N–H and O–H groups in total. The number of ether oxygens (including phenoxy) is 1. The van der Waals surface area contributed by atoms with Crippen molar-refractivity contribution >= 4 is 28.2 Å². The highest BCUT2D eigenvalue weighted by Gasteiger charge is 2.25. The molecule has 0 atom stereocenters. The van der Waals surface area contributed by atoms with E-state index in [0.717, 1.165) is 24.1 Å². The smallest absolute Gasteiger partial charge is 0.341 e. The van der Waals surface area contributed by atoms with Crippen LogP contribution in [0, 0.1) is 5.92 Å². The molecular formula is C14H19NO3S. The van der Waals surface area contributed by atoms with Gasteiger partial charge in [-0.15, -0.1) is 11.3 Å². The van der Waals surface area contributed by atoms with Crippen LogP contribution in [0.5, 0.6) is 0 Å². The van der Waals surface area contributed by atoms with Gasteiger partial charge in [0.25, 0.3) is 0 Å². The first kappa shape index (κ1) is 14.1. The van der Waals surface area contributed by atoms with Gasteiger partial charge in [-0.1, -0.05) is 6.92 Å². The number of aryl methyl sites for hydroxylation is 1. The summed E-state index contributed by atoms with van der Waals surface area (Å²) in [5.41, 5.74) is 0.479. The number of rotatable bonds is 6. The van der Waals surface area contributed by atoms with E-state index in [-0.39, 0.29) is 11.9 Å². The summed E-state index contributed by atoms with van der Waals surface area (Å²) in [6, 6.07) is 1.81. The first-order chi connectivity index (χ1) is 9.13. The van der Waals surface area contributed by atoms with Gasteiger partial charge in [0.1, 0.15) is 5.00 Å². The van der Waals surface area contributed by atoms with Gasteiger partial charge in [-0.2, -0.15) is 0 Å². The number of amides is 1. The molecule has 0 radical (unpaired) electrons. The second-order valence-electron chi connectivity index (χ2n) is 4.73. The molecule has 104 valence electrons. The largest absolute Gasteiger partial charge is 0.462 e. The van der Waals surface area contributed by atoms with Crippen molar-refractivity contribution < 1.29 is 14.3 Å². The minimum absolute atomic E-state index is 0.00227. The summed E-state index contributed by atoms with van der Waals surface area (Å²) in [6.45, 7) is 4.14. The topological polar surface area (TPSA) is 55.4 Å². The van der Waals surface area contributed by atoms with Gasteiger partial charge < -0.3 is 10.1 Å². The molecule has 0 bridgehead atoms. The highest BCUT2D eigenvalue weighted by molar-refractivity contribution is 7.16. The fraction of sp³-hybridized carbons (Fsp3) is 0.571. The van der Waals surface area contributed by atoms with Crippen molar-refractivity contribution in [2.75, 3.05) is 11.9 Å². The Balaban J connectivity index is 2.09. The lowest BCUT2D eigenvalue weighted by atomic mass is 10.2. The molecule has 0 spiro atoms. The number of esters is 1. The molecule has 1 aromatic heterocycles. The molecule has 1 saturated carbocycles. The molecule has 1 aliphatic rings. The van der Waals surface area contributed by atoms with Crippen LogP contribution < -0.4 is 5.32 Å². The maximum Gasteiger partial charge on any atom is 0.341 e. The molecular weight excluding hydrogens is 262 g/mol. The van der Waals surface area contributed by atoms with Crippen LogP contribution in [-0.2, 0) is 16.0 Å². The van der Waals surface area contributed by atoms with Crippen LogP contribution in [-0.4, -0.2) is 18.5 Å². The Morgan fingerprint density at radius 1 is 1.42 bits per heavy atom. The Bertz CT molecular complexity index is 477. The number of hydrogen-bond acceptors (Lipinski definition) is 4. The van der Waals surface area contributed by atoms with E-state index in [0.29, 0.717) is 29.5 Å². The second kappa shape index (κ2) is 6.19. The van der Waals surface area contributed by atoms with Crippen molar-refractivity contribution in [2.45, 2.75) is 39.5 Å². The maximum absolute atomic E-state index is 11.8. The zero-order valence-electron chi connectivity index (χ0n) is 11.3. The van der Waals surface area contributed by atoms with E-state index in [1.54, 1.807) is 6.92 Å². The van der Waals surface area contributed by atoms with E-state index in [2.05, 4.69) is 5.32 Å². The summed E-state index contributed by atoms with van der Waals surface area (Å²) in [7, 11) is 0. The number of nitrogens with one attached hydrogen (secondary N) is 1. The molecule has 4 nitrogen and oxygen atoms in total. The average Bonchev–Trinajstić information content (AvgIpc) is 3.07.